The lowest BCUT2D eigenvalue weighted by atomic mass is 10.0. The highest BCUT2D eigenvalue weighted by Gasteiger charge is 2.12. The number of carbonyl (C=O) groups excluding carboxylic acids is 2. The van der Waals surface area contributed by atoms with Gasteiger partial charge in [-0.05, 0) is 43.7 Å². The minimum atomic E-state index is -0.125. The molecule has 8 heteroatoms. The van der Waals surface area contributed by atoms with Gasteiger partial charge in [0.05, 0.1) is 5.75 Å². The van der Waals surface area contributed by atoms with Crippen LogP contribution in [0.25, 0.3) is 0 Å². The van der Waals surface area contributed by atoms with Gasteiger partial charge in [-0.3, -0.25) is 9.59 Å². The van der Waals surface area contributed by atoms with E-state index < -0.39 is 0 Å². The van der Waals surface area contributed by atoms with Crippen LogP contribution in [0.1, 0.15) is 28.4 Å². The van der Waals surface area contributed by atoms with Crippen LogP contribution in [0, 0.1) is 13.8 Å². The number of aromatic nitrogens is 2. The quantitative estimate of drug-likeness (QED) is 0.427. The lowest BCUT2D eigenvalue weighted by Crippen LogP contribution is -2.05. The standard InChI is InChI=1S/C20H20N4O2S2/c1-12-7-8-13(2)17(9-12)18(26)11-27-20-24-23-19(28-20)22-16-6-4-5-15(10-16)21-14(3)25/h4-10H,11H2,1-3H3,(H,21,25)(H,22,23). The number of hydrogen-bond acceptors (Lipinski definition) is 7. The van der Waals surface area contributed by atoms with E-state index in [2.05, 4.69) is 20.8 Å². The molecule has 28 heavy (non-hydrogen) atoms. The number of nitrogens with zero attached hydrogens (tertiary/aromatic N) is 2. The summed E-state index contributed by atoms with van der Waals surface area (Å²) in [7, 11) is 0. The van der Waals surface area contributed by atoms with Crippen molar-refractivity contribution in [3.05, 3.63) is 59.2 Å². The van der Waals surface area contributed by atoms with E-state index >= 15 is 0 Å². The van der Waals surface area contributed by atoms with Gasteiger partial charge in [0.2, 0.25) is 11.0 Å². The van der Waals surface area contributed by atoms with Crippen molar-refractivity contribution in [3.8, 4) is 0 Å². The molecule has 2 aromatic carbocycles. The Balaban J connectivity index is 1.61. The van der Waals surface area contributed by atoms with Gasteiger partial charge in [0, 0.05) is 23.9 Å². The summed E-state index contributed by atoms with van der Waals surface area (Å²) in [5.41, 5.74) is 4.31. The van der Waals surface area contributed by atoms with Gasteiger partial charge in [0.25, 0.3) is 0 Å². The summed E-state index contributed by atoms with van der Waals surface area (Å²) >= 11 is 2.76. The largest absolute Gasteiger partial charge is 0.330 e. The first kappa shape index (κ1) is 20.0. The topological polar surface area (TPSA) is 84.0 Å². The zero-order valence-corrected chi connectivity index (χ0v) is 17.4. The van der Waals surface area contributed by atoms with Crippen molar-refractivity contribution in [3.63, 3.8) is 0 Å². The normalized spacial score (nSPS) is 10.5. The van der Waals surface area contributed by atoms with Crippen molar-refractivity contribution in [2.45, 2.75) is 25.1 Å². The van der Waals surface area contributed by atoms with Gasteiger partial charge >= 0.3 is 0 Å². The van der Waals surface area contributed by atoms with Gasteiger partial charge in [0.1, 0.15) is 0 Å². The van der Waals surface area contributed by atoms with Gasteiger partial charge in [-0.2, -0.15) is 0 Å². The number of benzene rings is 2. The van der Waals surface area contributed by atoms with Crippen LogP contribution in [-0.4, -0.2) is 27.6 Å². The molecule has 0 radical (unpaired) electrons. The minimum absolute atomic E-state index is 0.0823. The number of thioether (sulfide) groups is 1. The van der Waals surface area contributed by atoms with Crippen molar-refractivity contribution in [1.29, 1.82) is 0 Å². The van der Waals surface area contributed by atoms with E-state index in [0.717, 1.165) is 26.7 Å². The molecule has 0 unspecified atom stereocenters. The van der Waals surface area contributed by atoms with Crippen LogP contribution in [0.4, 0.5) is 16.5 Å². The molecule has 1 heterocycles. The molecular formula is C20H20N4O2S2. The van der Waals surface area contributed by atoms with E-state index in [4.69, 9.17) is 0 Å². The van der Waals surface area contributed by atoms with E-state index in [1.54, 1.807) is 0 Å². The molecule has 0 aliphatic rings. The van der Waals surface area contributed by atoms with Crippen LogP contribution in [0.2, 0.25) is 0 Å². The SMILES string of the molecule is CC(=O)Nc1cccc(Nc2nnc(SCC(=O)c3cc(C)ccc3C)s2)c1. The second kappa shape index (κ2) is 8.99. The van der Waals surface area contributed by atoms with Gasteiger partial charge in [0.15, 0.2) is 10.1 Å². The van der Waals surface area contributed by atoms with Crippen LogP contribution in [-0.2, 0) is 4.79 Å². The molecule has 1 aromatic heterocycles. The summed E-state index contributed by atoms with van der Waals surface area (Å²) in [5, 5.41) is 14.8. The molecule has 0 saturated heterocycles. The van der Waals surface area contributed by atoms with Crippen LogP contribution in [0.3, 0.4) is 0 Å². The van der Waals surface area contributed by atoms with Crippen LogP contribution in [0.5, 0.6) is 0 Å². The Morgan fingerprint density at radius 1 is 1.07 bits per heavy atom. The fourth-order valence-corrected chi connectivity index (χ4v) is 4.22. The molecule has 1 amide bonds. The Hall–Kier alpha value is -2.71. The summed E-state index contributed by atoms with van der Waals surface area (Å²) in [6.07, 6.45) is 0. The molecule has 3 rings (SSSR count). The molecule has 2 N–H and O–H groups in total. The van der Waals surface area contributed by atoms with Gasteiger partial charge in [-0.1, -0.05) is 46.9 Å². The second-order valence-corrected chi connectivity index (χ2v) is 8.49. The predicted octanol–water partition coefficient (Wildman–Crippen LogP) is 4.83. The highest BCUT2D eigenvalue weighted by atomic mass is 32.2. The number of nitrogens with one attached hydrogen (secondary N) is 2. The fourth-order valence-electron chi connectivity index (χ4n) is 2.56. The first-order valence-corrected chi connectivity index (χ1v) is 10.4. The zero-order valence-electron chi connectivity index (χ0n) is 15.8. The van der Waals surface area contributed by atoms with E-state index in [9.17, 15) is 9.59 Å². The number of anilines is 3. The van der Waals surface area contributed by atoms with Crippen LogP contribution >= 0.6 is 23.1 Å². The maximum absolute atomic E-state index is 12.5. The van der Waals surface area contributed by atoms with E-state index in [-0.39, 0.29) is 11.7 Å². The number of aryl methyl sites for hydroxylation is 2. The van der Waals surface area contributed by atoms with Crippen molar-refractivity contribution < 1.29 is 9.59 Å². The van der Waals surface area contributed by atoms with Gasteiger partial charge < -0.3 is 10.6 Å². The average Bonchev–Trinajstić information content (AvgIpc) is 3.09. The van der Waals surface area contributed by atoms with Crippen molar-refractivity contribution >= 4 is 51.3 Å². The van der Waals surface area contributed by atoms with E-state index in [1.165, 1.54) is 30.0 Å². The van der Waals surface area contributed by atoms with Crippen molar-refractivity contribution in [2.24, 2.45) is 0 Å². The molecule has 144 valence electrons. The smallest absolute Gasteiger partial charge is 0.221 e. The number of Topliss-reactive ketones (excluding diaryl/α,β-unsaturated/α-hetero) is 1. The zero-order chi connectivity index (χ0) is 20.1. The first-order chi connectivity index (χ1) is 13.4. The van der Waals surface area contributed by atoms with E-state index in [1.807, 2.05) is 56.3 Å². The number of hydrogen-bond donors (Lipinski definition) is 2. The molecule has 0 saturated carbocycles. The third-order valence-electron chi connectivity index (χ3n) is 3.86. The lowest BCUT2D eigenvalue weighted by Gasteiger charge is -2.06. The van der Waals surface area contributed by atoms with E-state index in [0.29, 0.717) is 16.6 Å². The number of rotatable bonds is 7. The molecular weight excluding hydrogens is 392 g/mol. The maximum atomic E-state index is 12.5. The molecule has 0 fully saturated rings. The Morgan fingerprint density at radius 3 is 2.64 bits per heavy atom. The second-order valence-electron chi connectivity index (χ2n) is 6.29. The molecule has 0 spiro atoms. The summed E-state index contributed by atoms with van der Waals surface area (Å²) in [5.74, 6) is 0.274. The van der Waals surface area contributed by atoms with Gasteiger partial charge in [-0.15, -0.1) is 10.2 Å². The monoisotopic (exact) mass is 412 g/mol. The maximum Gasteiger partial charge on any atom is 0.221 e. The molecule has 0 aliphatic carbocycles. The molecule has 0 aliphatic heterocycles. The Kier molecular flexibility index (Phi) is 6.43. The Bertz CT molecular complexity index is 1020. The fraction of sp³-hybridized carbons (Fsp3) is 0.200. The minimum Gasteiger partial charge on any atom is -0.330 e. The summed E-state index contributed by atoms with van der Waals surface area (Å²) in [6.45, 7) is 5.39. The third kappa shape index (κ3) is 5.40. The molecule has 0 bridgehead atoms. The van der Waals surface area contributed by atoms with Crippen molar-refractivity contribution in [1.82, 2.24) is 10.2 Å². The summed E-state index contributed by atoms with van der Waals surface area (Å²) in [4.78, 5) is 23.7. The number of amides is 1. The van der Waals surface area contributed by atoms with Crippen LogP contribution in [0.15, 0.2) is 46.8 Å². The average molecular weight is 413 g/mol. The molecule has 6 nitrogen and oxygen atoms in total. The Labute approximate surface area is 171 Å². The van der Waals surface area contributed by atoms with Gasteiger partial charge in [-0.25, -0.2) is 0 Å². The third-order valence-corrected chi connectivity index (χ3v) is 5.83. The highest BCUT2D eigenvalue weighted by Crippen LogP contribution is 2.29. The number of ketones is 1. The van der Waals surface area contributed by atoms with Crippen LogP contribution < -0.4 is 10.6 Å². The lowest BCUT2D eigenvalue weighted by molar-refractivity contribution is -0.114. The first-order valence-electron chi connectivity index (χ1n) is 8.62. The Morgan fingerprint density at radius 2 is 1.86 bits per heavy atom. The summed E-state index contributed by atoms with van der Waals surface area (Å²) < 4.78 is 0.721. The number of carbonyl (C=O) groups is 2. The van der Waals surface area contributed by atoms with Crippen molar-refractivity contribution in [2.75, 3.05) is 16.4 Å². The summed E-state index contributed by atoms with van der Waals surface area (Å²) in [6, 6.07) is 13.2. The molecule has 3 aromatic rings. The predicted molar refractivity (Wildman–Crippen MR) is 115 cm³/mol. The highest BCUT2D eigenvalue weighted by molar-refractivity contribution is 8.01. The molecule has 0 atom stereocenters.